The van der Waals surface area contributed by atoms with Crippen LogP contribution in [0.5, 0.6) is 0 Å². The molecular formula is C18H28BrNO7. The summed E-state index contributed by atoms with van der Waals surface area (Å²) in [4.78, 5) is 38.4. The number of hydrogen-bond donors (Lipinski definition) is 0. The fraction of sp³-hybridized carbons (Fsp3) is 0.833. The molecule has 0 aromatic rings. The lowest BCUT2D eigenvalue weighted by Crippen LogP contribution is -2.46. The number of carbonyl (C=O) groups excluding carboxylic acids is 3. The van der Waals surface area contributed by atoms with Gasteiger partial charge in [-0.15, -0.1) is 0 Å². The molecule has 2 amide bonds. The summed E-state index contributed by atoms with van der Waals surface area (Å²) in [5, 5.41) is 0.398. The van der Waals surface area contributed by atoms with Crippen molar-refractivity contribution in [1.82, 2.24) is 4.90 Å². The minimum absolute atomic E-state index is 0.195. The highest BCUT2D eigenvalue weighted by Crippen LogP contribution is 2.36. The molecular weight excluding hydrogens is 422 g/mol. The molecule has 0 N–H and O–H groups in total. The lowest BCUT2D eigenvalue weighted by atomic mass is 9.94. The molecule has 8 nitrogen and oxygen atoms in total. The van der Waals surface area contributed by atoms with Crippen LogP contribution < -0.4 is 0 Å². The van der Waals surface area contributed by atoms with E-state index in [4.69, 9.17) is 18.9 Å². The summed E-state index contributed by atoms with van der Waals surface area (Å²) < 4.78 is 22.2. The normalized spacial score (nSPS) is 28.9. The number of carbonyl (C=O) groups is 3. The van der Waals surface area contributed by atoms with Crippen molar-refractivity contribution in [2.45, 2.75) is 77.6 Å². The number of esters is 1. The maximum atomic E-state index is 13.1. The van der Waals surface area contributed by atoms with E-state index in [2.05, 4.69) is 15.9 Å². The van der Waals surface area contributed by atoms with E-state index in [-0.39, 0.29) is 6.61 Å². The van der Waals surface area contributed by atoms with Gasteiger partial charge in [0.05, 0.1) is 18.6 Å². The van der Waals surface area contributed by atoms with Crippen LogP contribution in [0.4, 0.5) is 4.79 Å². The van der Waals surface area contributed by atoms with Crippen molar-refractivity contribution >= 4 is 33.9 Å². The van der Waals surface area contributed by atoms with Crippen LogP contribution in [-0.4, -0.2) is 64.4 Å². The van der Waals surface area contributed by atoms with Crippen molar-refractivity contribution < 1.29 is 33.3 Å². The van der Waals surface area contributed by atoms with Gasteiger partial charge in [-0.25, -0.2) is 9.69 Å². The molecule has 2 aliphatic heterocycles. The van der Waals surface area contributed by atoms with Gasteiger partial charge in [0, 0.05) is 12.3 Å². The van der Waals surface area contributed by atoms with Gasteiger partial charge in [-0.2, -0.15) is 0 Å². The van der Waals surface area contributed by atoms with E-state index in [0.29, 0.717) is 11.8 Å². The zero-order chi connectivity index (χ0) is 20.6. The topological polar surface area (TPSA) is 91.4 Å². The Kier molecular flexibility index (Phi) is 6.59. The first-order valence-corrected chi connectivity index (χ1v) is 10.1. The van der Waals surface area contributed by atoms with Crippen LogP contribution in [0, 0.1) is 5.92 Å². The Morgan fingerprint density at radius 2 is 2.00 bits per heavy atom. The standard InChI is InChI=1S/C18H28BrNO7/c1-10(21)25-14(13-9-24-18(5,6)26-13)12-7-11(8-19)20(15(12)22)16(23)27-17(2,3)4/h11-14H,7-9H2,1-6H3/t11-,12-,13+,14+/m0/s1. The van der Waals surface area contributed by atoms with Gasteiger partial charge in [0.25, 0.3) is 0 Å². The average Bonchev–Trinajstić information content (AvgIpc) is 3.02. The number of amides is 2. The van der Waals surface area contributed by atoms with Crippen LogP contribution in [-0.2, 0) is 28.5 Å². The Bertz CT molecular complexity index is 601. The van der Waals surface area contributed by atoms with E-state index in [9.17, 15) is 14.4 Å². The second-order valence-electron chi connectivity index (χ2n) is 8.28. The largest absolute Gasteiger partial charge is 0.459 e. The predicted molar refractivity (Wildman–Crippen MR) is 99.2 cm³/mol. The minimum atomic E-state index is -0.842. The van der Waals surface area contributed by atoms with E-state index >= 15 is 0 Å². The highest BCUT2D eigenvalue weighted by atomic mass is 79.9. The molecule has 154 valence electrons. The molecule has 2 fully saturated rings. The number of likely N-dealkylation sites (tertiary alicyclic amines) is 1. The van der Waals surface area contributed by atoms with Crippen LogP contribution in [0.1, 0.15) is 48.0 Å². The van der Waals surface area contributed by atoms with E-state index in [1.54, 1.807) is 34.6 Å². The molecule has 9 heteroatoms. The highest BCUT2D eigenvalue weighted by Gasteiger charge is 2.52. The lowest BCUT2D eigenvalue weighted by Gasteiger charge is -2.28. The first-order valence-electron chi connectivity index (χ1n) is 8.95. The molecule has 0 saturated carbocycles. The third-order valence-electron chi connectivity index (χ3n) is 4.31. The number of rotatable bonds is 4. The Hall–Kier alpha value is -1.19. The maximum absolute atomic E-state index is 13.1. The fourth-order valence-electron chi connectivity index (χ4n) is 3.30. The number of imide groups is 1. The van der Waals surface area contributed by atoms with Crippen molar-refractivity contribution in [3.8, 4) is 0 Å². The summed E-state index contributed by atoms with van der Waals surface area (Å²) in [6.45, 7) is 10.2. The molecule has 0 bridgehead atoms. The summed E-state index contributed by atoms with van der Waals surface area (Å²) >= 11 is 3.36. The summed E-state index contributed by atoms with van der Waals surface area (Å²) in [6.07, 6.45) is -1.80. The van der Waals surface area contributed by atoms with Gasteiger partial charge in [-0.05, 0) is 41.0 Å². The molecule has 27 heavy (non-hydrogen) atoms. The van der Waals surface area contributed by atoms with E-state index in [0.717, 1.165) is 4.90 Å². The summed E-state index contributed by atoms with van der Waals surface area (Å²) in [5.74, 6) is -2.50. The van der Waals surface area contributed by atoms with Gasteiger partial charge in [-0.3, -0.25) is 9.59 Å². The smallest absolute Gasteiger partial charge is 0.417 e. The maximum Gasteiger partial charge on any atom is 0.417 e. The van der Waals surface area contributed by atoms with Crippen molar-refractivity contribution in [1.29, 1.82) is 0 Å². The predicted octanol–water partition coefficient (Wildman–Crippen LogP) is 2.62. The monoisotopic (exact) mass is 449 g/mol. The Morgan fingerprint density at radius 1 is 1.37 bits per heavy atom. The average molecular weight is 450 g/mol. The first-order chi connectivity index (χ1) is 12.3. The molecule has 4 atom stereocenters. The van der Waals surface area contributed by atoms with Gasteiger partial charge >= 0.3 is 12.1 Å². The second-order valence-corrected chi connectivity index (χ2v) is 8.93. The summed E-state index contributed by atoms with van der Waals surface area (Å²) in [7, 11) is 0. The van der Waals surface area contributed by atoms with Gasteiger partial charge in [-0.1, -0.05) is 15.9 Å². The number of alkyl halides is 1. The number of ether oxygens (including phenoxy) is 4. The van der Waals surface area contributed by atoms with E-state index < -0.39 is 53.5 Å². The SMILES string of the molecule is CC(=O)O[C@H]([C@@H]1C[C@@H](CBr)N(C(=O)OC(C)(C)C)C1=O)[C@H]1COC(C)(C)O1. The van der Waals surface area contributed by atoms with Crippen molar-refractivity contribution in [3.05, 3.63) is 0 Å². The van der Waals surface area contributed by atoms with Crippen molar-refractivity contribution in [2.75, 3.05) is 11.9 Å². The number of nitrogens with zero attached hydrogens (tertiary/aromatic N) is 1. The minimum Gasteiger partial charge on any atom is -0.459 e. The molecule has 0 aliphatic carbocycles. The molecule has 2 rings (SSSR count). The van der Waals surface area contributed by atoms with Gasteiger partial charge in [0.1, 0.15) is 17.8 Å². The van der Waals surface area contributed by atoms with Crippen molar-refractivity contribution in [3.63, 3.8) is 0 Å². The van der Waals surface area contributed by atoms with Crippen LogP contribution in [0.2, 0.25) is 0 Å². The third kappa shape index (κ3) is 5.42. The number of hydrogen-bond acceptors (Lipinski definition) is 7. The van der Waals surface area contributed by atoms with Crippen LogP contribution >= 0.6 is 15.9 Å². The first kappa shape index (κ1) is 22.1. The molecule has 2 saturated heterocycles. The molecule has 0 radical (unpaired) electrons. The zero-order valence-corrected chi connectivity index (χ0v) is 18.2. The van der Waals surface area contributed by atoms with Gasteiger partial charge < -0.3 is 18.9 Å². The van der Waals surface area contributed by atoms with E-state index in [1.807, 2.05) is 0 Å². The Balaban J connectivity index is 2.25. The molecule has 0 aromatic carbocycles. The molecule has 0 unspecified atom stereocenters. The Morgan fingerprint density at radius 3 is 2.44 bits per heavy atom. The molecule has 2 aliphatic rings. The summed E-state index contributed by atoms with van der Waals surface area (Å²) in [5.41, 5.74) is -0.728. The molecule has 0 aromatic heterocycles. The quantitative estimate of drug-likeness (QED) is 0.480. The lowest BCUT2D eigenvalue weighted by molar-refractivity contribution is -0.176. The Labute approximate surface area is 167 Å². The van der Waals surface area contributed by atoms with Crippen LogP contribution in [0.25, 0.3) is 0 Å². The van der Waals surface area contributed by atoms with E-state index in [1.165, 1.54) is 6.92 Å². The zero-order valence-electron chi connectivity index (χ0n) is 16.6. The highest BCUT2D eigenvalue weighted by molar-refractivity contribution is 9.09. The van der Waals surface area contributed by atoms with Crippen LogP contribution in [0.3, 0.4) is 0 Å². The third-order valence-corrected chi connectivity index (χ3v) is 5.06. The van der Waals surface area contributed by atoms with Crippen LogP contribution in [0.15, 0.2) is 0 Å². The second kappa shape index (κ2) is 8.05. The van der Waals surface area contributed by atoms with Crippen molar-refractivity contribution in [2.24, 2.45) is 5.92 Å². The summed E-state index contributed by atoms with van der Waals surface area (Å²) in [6, 6.07) is -0.397. The molecule has 0 spiro atoms. The van der Waals surface area contributed by atoms with Gasteiger partial charge in [0.15, 0.2) is 5.79 Å². The fourth-order valence-corrected chi connectivity index (χ4v) is 3.85. The number of halogens is 1. The van der Waals surface area contributed by atoms with Gasteiger partial charge in [0.2, 0.25) is 5.91 Å². The molecule has 2 heterocycles.